The summed E-state index contributed by atoms with van der Waals surface area (Å²) in [6.07, 6.45) is 0. The van der Waals surface area contributed by atoms with E-state index in [4.69, 9.17) is 33.1 Å². The van der Waals surface area contributed by atoms with Crippen LogP contribution in [-0.4, -0.2) is 14.9 Å². The lowest BCUT2D eigenvalue weighted by atomic mass is 10.8. The fourth-order valence-electron chi connectivity index (χ4n) is 0.211. The summed E-state index contributed by atoms with van der Waals surface area (Å²) in [7, 11) is 0. The number of carbonyl (C=O) groups is 1. The van der Waals surface area contributed by atoms with E-state index in [-0.39, 0.29) is 0 Å². The molecule has 1 rings (SSSR count). The molecule has 0 aliphatic rings. The number of hydrogen-bond donors (Lipinski definition) is 1. The van der Waals surface area contributed by atoms with E-state index in [0.29, 0.717) is 10.2 Å². The molecule has 1 aromatic rings. The van der Waals surface area contributed by atoms with E-state index in [1.807, 2.05) is 0 Å². The zero-order valence-electron chi connectivity index (χ0n) is 4.92. The van der Waals surface area contributed by atoms with E-state index in [9.17, 15) is 0 Å². The Labute approximate surface area is 81.7 Å². The van der Waals surface area contributed by atoms with Crippen molar-refractivity contribution in [3.05, 3.63) is 15.6 Å². The third-order valence-corrected chi connectivity index (χ3v) is 2.02. The van der Waals surface area contributed by atoms with Crippen molar-refractivity contribution in [1.82, 2.24) is 4.37 Å². The lowest BCUT2D eigenvalue weighted by Gasteiger charge is -1.71. The van der Waals surface area contributed by atoms with Crippen LogP contribution >= 0.6 is 46.3 Å². The lowest BCUT2D eigenvalue weighted by molar-refractivity contribution is 0.220. The van der Waals surface area contributed by atoms with Gasteiger partial charge in [-0.2, -0.15) is 4.37 Å². The molecule has 0 saturated heterocycles. The second-order valence-corrected chi connectivity index (χ2v) is 2.92. The maximum atomic E-state index is 8.77. The highest BCUT2D eigenvalue weighted by atomic mass is 35.5. The molecule has 7 heteroatoms. The first-order valence-electron chi connectivity index (χ1n) is 2.18. The molecule has 0 saturated carbocycles. The Morgan fingerprint density at radius 2 is 2.09 bits per heavy atom. The van der Waals surface area contributed by atoms with Crippen molar-refractivity contribution in [1.29, 1.82) is 0 Å². The molecule has 0 aromatic carbocycles. The summed E-state index contributed by atoms with van der Waals surface area (Å²) in [5, 5.41) is 9.80. The van der Waals surface area contributed by atoms with Crippen LogP contribution in [0.4, 0.5) is 4.79 Å². The minimum atomic E-state index is -1.36. The van der Waals surface area contributed by atoms with Crippen LogP contribution in [0, 0.1) is 0 Å². The summed E-state index contributed by atoms with van der Waals surface area (Å²) in [5.41, 5.74) is -1.36. The molecule has 0 aliphatic heterocycles. The van der Waals surface area contributed by atoms with Gasteiger partial charge in [0.25, 0.3) is 0 Å². The maximum absolute atomic E-state index is 8.77. The zero-order valence-corrected chi connectivity index (χ0v) is 8.01. The number of halogens is 3. The van der Waals surface area contributed by atoms with Crippen LogP contribution in [0.25, 0.3) is 0 Å². The Balaban J connectivity index is 0.000000218. The van der Waals surface area contributed by atoms with Crippen LogP contribution in [0.15, 0.2) is 5.38 Å². The fraction of sp³-hybridized carbons (Fsp3) is 0. The molecule has 1 aromatic heterocycles. The Kier molecular flexibility index (Phi) is 5.58. The van der Waals surface area contributed by atoms with Crippen LogP contribution < -0.4 is 0 Å². The van der Waals surface area contributed by atoms with Crippen molar-refractivity contribution >= 4 is 51.8 Å². The monoisotopic (exact) mass is 233 g/mol. The standard InChI is InChI=1S/C3HCl2NS.CHClO2/c4-2-1-7-6-3(2)5;2-1(3)4/h1H;(H,3,4). The van der Waals surface area contributed by atoms with Gasteiger partial charge >= 0.3 is 5.43 Å². The highest BCUT2D eigenvalue weighted by Crippen LogP contribution is 2.20. The molecule has 0 bridgehead atoms. The normalized spacial score (nSPS) is 8.27. The van der Waals surface area contributed by atoms with Gasteiger partial charge < -0.3 is 5.11 Å². The van der Waals surface area contributed by atoms with Crippen LogP contribution in [-0.2, 0) is 0 Å². The average Bonchev–Trinajstić information content (AvgIpc) is 2.15. The van der Waals surface area contributed by atoms with Gasteiger partial charge in [0.05, 0.1) is 5.02 Å². The second-order valence-electron chi connectivity index (χ2n) is 1.21. The predicted molar refractivity (Wildman–Crippen MR) is 46.0 cm³/mol. The quantitative estimate of drug-likeness (QED) is 0.700. The zero-order chi connectivity index (χ0) is 8.85. The highest BCUT2D eigenvalue weighted by Gasteiger charge is 1.94. The Morgan fingerprint density at radius 3 is 2.18 bits per heavy atom. The van der Waals surface area contributed by atoms with E-state index in [0.717, 1.165) is 0 Å². The Hall–Kier alpha value is -0.0300. The summed E-state index contributed by atoms with van der Waals surface area (Å²) >= 11 is 16.3. The second kappa shape index (κ2) is 5.60. The van der Waals surface area contributed by atoms with Gasteiger partial charge in [0.1, 0.15) is 0 Å². The summed E-state index contributed by atoms with van der Waals surface area (Å²) < 4.78 is 3.69. The first kappa shape index (κ1) is 11.0. The molecular formula is C4H2Cl3NO2S. The Morgan fingerprint density at radius 1 is 1.64 bits per heavy atom. The van der Waals surface area contributed by atoms with Gasteiger partial charge in [-0.15, -0.1) is 0 Å². The molecule has 0 radical (unpaired) electrons. The van der Waals surface area contributed by atoms with Gasteiger partial charge in [0.15, 0.2) is 5.15 Å². The minimum Gasteiger partial charge on any atom is -0.469 e. The van der Waals surface area contributed by atoms with Gasteiger partial charge in [-0.3, -0.25) is 0 Å². The van der Waals surface area contributed by atoms with E-state index in [1.165, 1.54) is 11.5 Å². The van der Waals surface area contributed by atoms with Crippen molar-refractivity contribution in [2.75, 3.05) is 0 Å². The first-order valence-corrected chi connectivity index (χ1v) is 4.15. The largest absolute Gasteiger partial charge is 0.469 e. The van der Waals surface area contributed by atoms with E-state index < -0.39 is 5.43 Å². The van der Waals surface area contributed by atoms with Gasteiger partial charge in [-0.25, -0.2) is 4.79 Å². The molecular weight excluding hydrogens is 232 g/mol. The minimum absolute atomic E-state index is 0.395. The molecule has 1 heterocycles. The summed E-state index contributed by atoms with van der Waals surface area (Å²) in [5.74, 6) is 0. The van der Waals surface area contributed by atoms with Crippen molar-refractivity contribution in [2.45, 2.75) is 0 Å². The number of hydrogen-bond acceptors (Lipinski definition) is 3. The number of nitrogens with zero attached hydrogens (tertiary/aromatic N) is 1. The van der Waals surface area contributed by atoms with Crippen molar-refractivity contribution < 1.29 is 9.90 Å². The molecule has 1 N–H and O–H groups in total. The number of carboxylic acid groups (broad SMARTS) is 1. The van der Waals surface area contributed by atoms with Crippen molar-refractivity contribution in [3.8, 4) is 0 Å². The number of aromatic nitrogens is 1. The average molecular weight is 234 g/mol. The maximum Gasteiger partial charge on any atom is 0.401 e. The molecule has 3 nitrogen and oxygen atoms in total. The van der Waals surface area contributed by atoms with Gasteiger partial charge in [0.2, 0.25) is 0 Å². The first-order chi connectivity index (χ1) is 5.04. The van der Waals surface area contributed by atoms with Crippen molar-refractivity contribution in [3.63, 3.8) is 0 Å². The van der Waals surface area contributed by atoms with Crippen molar-refractivity contribution in [2.24, 2.45) is 0 Å². The topological polar surface area (TPSA) is 50.2 Å². The molecule has 0 unspecified atom stereocenters. The van der Waals surface area contributed by atoms with Crippen LogP contribution in [0.5, 0.6) is 0 Å². The van der Waals surface area contributed by atoms with E-state index in [2.05, 4.69) is 16.0 Å². The predicted octanol–water partition coefficient (Wildman–Crippen LogP) is 3.35. The van der Waals surface area contributed by atoms with E-state index >= 15 is 0 Å². The lowest BCUT2D eigenvalue weighted by Crippen LogP contribution is -1.66. The summed E-state index contributed by atoms with van der Waals surface area (Å²) in [6.45, 7) is 0. The van der Waals surface area contributed by atoms with Gasteiger partial charge in [0, 0.05) is 17.0 Å². The summed E-state index contributed by atoms with van der Waals surface area (Å²) in [4.78, 5) is 8.77. The van der Waals surface area contributed by atoms with Gasteiger partial charge in [-0.1, -0.05) is 23.2 Å². The Bertz CT molecular complexity index is 218. The third kappa shape index (κ3) is 6.37. The molecule has 0 fully saturated rings. The molecule has 62 valence electrons. The number of rotatable bonds is 0. The fourth-order valence-corrected chi connectivity index (χ4v) is 1.11. The SMILES string of the molecule is Clc1csnc1Cl.O=C(O)Cl. The molecule has 0 aliphatic carbocycles. The third-order valence-electron chi connectivity index (χ3n) is 0.486. The molecule has 0 atom stereocenters. The van der Waals surface area contributed by atoms with Gasteiger partial charge in [-0.05, 0) is 11.5 Å². The summed E-state index contributed by atoms with van der Waals surface area (Å²) in [6, 6.07) is 0. The molecule has 0 amide bonds. The molecule has 0 spiro atoms. The van der Waals surface area contributed by atoms with Crippen LogP contribution in [0.1, 0.15) is 0 Å². The molecule has 11 heavy (non-hydrogen) atoms. The highest BCUT2D eigenvalue weighted by molar-refractivity contribution is 7.04. The van der Waals surface area contributed by atoms with Crippen LogP contribution in [0.2, 0.25) is 10.2 Å². The smallest absolute Gasteiger partial charge is 0.401 e. The van der Waals surface area contributed by atoms with E-state index in [1.54, 1.807) is 5.38 Å². The van der Waals surface area contributed by atoms with Crippen LogP contribution in [0.3, 0.4) is 0 Å².